The molecule has 0 saturated heterocycles. The molecule has 3 aromatic rings. The molecule has 1 heterocycles. The van der Waals surface area contributed by atoms with Crippen LogP contribution in [0.3, 0.4) is 0 Å². The van der Waals surface area contributed by atoms with Crippen LogP contribution in [0.5, 0.6) is 5.75 Å². The zero-order chi connectivity index (χ0) is 22.1. The van der Waals surface area contributed by atoms with Gasteiger partial charge in [-0.3, -0.25) is 9.59 Å². The van der Waals surface area contributed by atoms with Gasteiger partial charge < -0.3 is 15.4 Å². The first-order chi connectivity index (χ1) is 15.1. The molecule has 1 aromatic heterocycles. The van der Waals surface area contributed by atoms with Crippen LogP contribution >= 0.6 is 23.1 Å². The fourth-order valence-corrected chi connectivity index (χ4v) is 4.54. The molecule has 0 aliphatic rings. The van der Waals surface area contributed by atoms with E-state index in [9.17, 15) is 9.59 Å². The number of amides is 2. The number of hydrogen-bond acceptors (Lipinski definition) is 6. The first kappa shape index (κ1) is 22.8. The third-order valence-corrected chi connectivity index (χ3v) is 6.34. The molecule has 0 aliphatic heterocycles. The van der Waals surface area contributed by atoms with E-state index in [0.717, 1.165) is 22.7 Å². The summed E-state index contributed by atoms with van der Waals surface area (Å²) in [6, 6.07) is 17.0. The Morgan fingerprint density at radius 3 is 2.52 bits per heavy atom. The van der Waals surface area contributed by atoms with Crippen molar-refractivity contribution >= 4 is 45.7 Å². The molecule has 0 bridgehead atoms. The topological polar surface area (TPSA) is 80.3 Å². The predicted octanol–water partition coefficient (Wildman–Crippen LogP) is 5.16. The van der Waals surface area contributed by atoms with E-state index in [1.165, 1.54) is 23.1 Å². The van der Waals surface area contributed by atoms with Crippen LogP contribution in [-0.4, -0.2) is 29.7 Å². The van der Waals surface area contributed by atoms with Gasteiger partial charge in [0.1, 0.15) is 5.75 Å². The van der Waals surface area contributed by atoms with E-state index in [1.807, 2.05) is 42.6 Å². The van der Waals surface area contributed by atoms with Gasteiger partial charge in [-0.15, -0.1) is 23.1 Å². The maximum atomic E-state index is 12.7. The quantitative estimate of drug-likeness (QED) is 0.442. The third-order valence-electron chi connectivity index (χ3n) is 4.57. The molecule has 0 fully saturated rings. The second-order valence-electron chi connectivity index (χ2n) is 6.77. The monoisotopic (exact) mass is 455 g/mol. The molecule has 0 aliphatic carbocycles. The van der Waals surface area contributed by atoms with Gasteiger partial charge in [-0.25, -0.2) is 4.98 Å². The number of methoxy groups -OCH3 is 1. The van der Waals surface area contributed by atoms with Crippen molar-refractivity contribution < 1.29 is 14.3 Å². The lowest BCUT2D eigenvalue weighted by molar-refractivity contribution is -0.117. The summed E-state index contributed by atoms with van der Waals surface area (Å²) in [7, 11) is 1.60. The number of aromatic nitrogens is 1. The average Bonchev–Trinajstić information content (AvgIpc) is 3.22. The van der Waals surface area contributed by atoms with Crippen molar-refractivity contribution in [2.45, 2.75) is 25.0 Å². The van der Waals surface area contributed by atoms with Crippen LogP contribution in [0.2, 0.25) is 0 Å². The zero-order valence-corrected chi connectivity index (χ0v) is 19.1. The fourth-order valence-electron chi connectivity index (χ4n) is 3.00. The maximum absolute atomic E-state index is 12.7. The van der Waals surface area contributed by atoms with Gasteiger partial charge in [-0.2, -0.15) is 0 Å². The van der Waals surface area contributed by atoms with Gasteiger partial charge >= 0.3 is 0 Å². The summed E-state index contributed by atoms with van der Waals surface area (Å²) in [5.41, 5.74) is 2.57. The first-order valence-corrected chi connectivity index (χ1v) is 11.9. The summed E-state index contributed by atoms with van der Waals surface area (Å²) < 4.78 is 5.11. The summed E-state index contributed by atoms with van der Waals surface area (Å²) >= 11 is 2.87. The maximum Gasteiger partial charge on any atom is 0.234 e. The Labute approximate surface area is 190 Å². The van der Waals surface area contributed by atoms with Crippen molar-refractivity contribution in [2.24, 2.45) is 0 Å². The second kappa shape index (κ2) is 11.5. The number of hydrogen-bond donors (Lipinski definition) is 2. The van der Waals surface area contributed by atoms with Crippen molar-refractivity contribution in [3.63, 3.8) is 0 Å². The number of rotatable bonds is 10. The molecule has 2 N–H and O–H groups in total. The predicted molar refractivity (Wildman–Crippen MR) is 128 cm³/mol. The Morgan fingerprint density at radius 2 is 1.84 bits per heavy atom. The fraction of sp³-hybridized carbons (Fsp3) is 0.261. The molecule has 2 aromatic carbocycles. The molecule has 31 heavy (non-hydrogen) atoms. The molecular formula is C23H25N3O3S2. The molecule has 0 spiro atoms. The van der Waals surface area contributed by atoms with Crippen molar-refractivity contribution in [3.05, 3.63) is 71.2 Å². The highest BCUT2D eigenvalue weighted by molar-refractivity contribution is 7.99. The van der Waals surface area contributed by atoms with Gasteiger partial charge in [-0.1, -0.05) is 37.3 Å². The molecule has 0 radical (unpaired) electrons. The molecule has 3 rings (SSSR count). The number of nitrogens with one attached hydrogen (secondary N) is 2. The smallest absolute Gasteiger partial charge is 0.234 e. The number of ether oxygens (including phenoxy) is 1. The minimum atomic E-state index is -0.204. The Balaban J connectivity index is 1.45. The lowest BCUT2D eigenvalue weighted by Gasteiger charge is -2.14. The normalized spacial score (nSPS) is 11.5. The van der Waals surface area contributed by atoms with Crippen LogP contribution in [0.4, 0.5) is 10.8 Å². The molecule has 2 amide bonds. The van der Waals surface area contributed by atoms with E-state index >= 15 is 0 Å². The van der Waals surface area contributed by atoms with Crippen LogP contribution in [0.25, 0.3) is 0 Å². The van der Waals surface area contributed by atoms with Gasteiger partial charge in [0.2, 0.25) is 11.8 Å². The van der Waals surface area contributed by atoms with Crippen molar-refractivity contribution in [3.8, 4) is 5.75 Å². The van der Waals surface area contributed by atoms with Crippen LogP contribution in [0.1, 0.15) is 30.5 Å². The Bertz CT molecular complexity index is 991. The standard InChI is InChI=1S/C23H25N3O3S2/c1-3-20(16-7-5-4-6-8-16)22(28)26-23-25-18(14-31-23)13-30-15-21(27)24-17-9-11-19(29-2)12-10-17/h4-12,14,20H,3,13,15H2,1-2H3,(H,24,27)(H,25,26,28). The van der Waals surface area contributed by atoms with Gasteiger partial charge in [0.15, 0.2) is 5.13 Å². The van der Waals surface area contributed by atoms with E-state index in [2.05, 4.69) is 15.6 Å². The van der Waals surface area contributed by atoms with E-state index in [0.29, 0.717) is 23.1 Å². The SMILES string of the molecule is CCC(C(=O)Nc1nc(CSCC(=O)Nc2ccc(OC)cc2)cs1)c1ccccc1. The molecule has 6 nitrogen and oxygen atoms in total. The summed E-state index contributed by atoms with van der Waals surface area (Å²) in [6.07, 6.45) is 0.716. The zero-order valence-electron chi connectivity index (χ0n) is 17.5. The number of nitrogens with zero attached hydrogens (tertiary/aromatic N) is 1. The van der Waals surface area contributed by atoms with Crippen LogP contribution < -0.4 is 15.4 Å². The summed E-state index contributed by atoms with van der Waals surface area (Å²) in [4.78, 5) is 29.3. The number of thiazole rings is 1. The summed E-state index contributed by atoms with van der Waals surface area (Å²) in [6.45, 7) is 2.00. The second-order valence-corrected chi connectivity index (χ2v) is 8.62. The molecule has 1 atom stereocenters. The van der Waals surface area contributed by atoms with Crippen LogP contribution in [0.15, 0.2) is 60.0 Å². The van der Waals surface area contributed by atoms with E-state index in [4.69, 9.17) is 4.74 Å². The summed E-state index contributed by atoms with van der Waals surface area (Å²) in [5.74, 6) is 1.32. The molecular weight excluding hydrogens is 430 g/mol. The first-order valence-electron chi connectivity index (χ1n) is 9.91. The Kier molecular flexibility index (Phi) is 8.49. The minimum absolute atomic E-state index is 0.0545. The molecule has 8 heteroatoms. The van der Waals surface area contributed by atoms with Crippen molar-refractivity contribution in [1.29, 1.82) is 0 Å². The largest absolute Gasteiger partial charge is 0.497 e. The van der Waals surface area contributed by atoms with Gasteiger partial charge in [0, 0.05) is 16.8 Å². The van der Waals surface area contributed by atoms with E-state index in [-0.39, 0.29) is 17.7 Å². The van der Waals surface area contributed by atoms with E-state index < -0.39 is 0 Å². The van der Waals surface area contributed by atoms with Crippen LogP contribution in [-0.2, 0) is 15.3 Å². The van der Waals surface area contributed by atoms with Gasteiger partial charge in [0.05, 0.1) is 24.5 Å². The lowest BCUT2D eigenvalue weighted by Crippen LogP contribution is -2.20. The van der Waals surface area contributed by atoms with Gasteiger partial charge in [-0.05, 0) is 36.2 Å². The number of carbonyl (C=O) groups excluding carboxylic acids is 2. The minimum Gasteiger partial charge on any atom is -0.497 e. The third kappa shape index (κ3) is 6.83. The molecule has 162 valence electrons. The number of benzene rings is 2. The lowest BCUT2D eigenvalue weighted by atomic mass is 9.96. The number of anilines is 2. The molecule has 0 saturated carbocycles. The summed E-state index contributed by atoms with van der Waals surface area (Å²) in [5, 5.41) is 8.27. The highest BCUT2D eigenvalue weighted by atomic mass is 32.2. The number of carbonyl (C=O) groups is 2. The van der Waals surface area contributed by atoms with Crippen LogP contribution in [0, 0.1) is 0 Å². The highest BCUT2D eigenvalue weighted by Gasteiger charge is 2.19. The van der Waals surface area contributed by atoms with Crippen molar-refractivity contribution in [1.82, 2.24) is 4.98 Å². The van der Waals surface area contributed by atoms with Crippen molar-refractivity contribution in [2.75, 3.05) is 23.5 Å². The molecule has 1 unspecified atom stereocenters. The van der Waals surface area contributed by atoms with Gasteiger partial charge in [0.25, 0.3) is 0 Å². The average molecular weight is 456 g/mol. The van der Waals surface area contributed by atoms with E-state index in [1.54, 1.807) is 31.4 Å². The Hall–Kier alpha value is -2.84. The Morgan fingerprint density at radius 1 is 1.10 bits per heavy atom. The number of thioether (sulfide) groups is 1. The highest BCUT2D eigenvalue weighted by Crippen LogP contribution is 2.24.